The first kappa shape index (κ1) is 11.0. The molecule has 1 aromatic rings. The van der Waals surface area contributed by atoms with Crippen molar-refractivity contribution in [2.75, 3.05) is 19.0 Å². The number of hydrogen-bond donors (Lipinski definition) is 1. The second kappa shape index (κ2) is 4.96. The minimum absolute atomic E-state index is 0.153. The lowest BCUT2D eigenvalue weighted by Gasteiger charge is -2.12. The average Bonchev–Trinajstić information content (AvgIpc) is 2.19. The van der Waals surface area contributed by atoms with Crippen LogP contribution in [0.4, 0.5) is 10.1 Å². The quantitative estimate of drug-likeness (QED) is 0.801. The molecule has 0 fully saturated rings. The van der Waals surface area contributed by atoms with Crippen LogP contribution in [-0.4, -0.2) is 19.8 Å². The Bertz CT molecular complexity index is 301. The number of hydrogen-bond acceptors (Lipinski definition) is 2. The summed E-state index contributed by atoms with van der Waals surface area (Å²) in [6, 6.07) is 4.98. The number of rotatable bonds is 4. The minimum Gasteiger partial charge on any atom is -0.382 e. The van der Waals surface area contributed by atoms with Gasteiger partial charge < -0.3 is 10.1 Å². The molecule has 1 unspecified atom stereocenters. The Morgan fingerprint density at radius 2 is 2.21 bits per heavy atom. The standard InChI is InChI=1S/C11H16FNO/c1-8-6-10(4-5-11(8)12)13-7-9(2)14-3/h4-6,9,13H,7H2,1-3H3. The normalized spacial score (nSPS) is 12.6. The molecule has 0 aliphatic rings. The second-order valence-electron chi connectivity index (χ2n) is 3.39. The number of anilines is 1. The molecule has 3 heteroatoms. The van der Waals surface area contributed by atoms with Crippen molar-refractivity contribution in [3.05, 3.63) is 29.6 Å². The molecule has 1 aromatic carbocycles. The molecule has 0 aromatic heterocycles. The molecule has 1 N–H and O–H groups in total. The molecular formula is C11H16FNO. The number of aryl methyl sites for hydroxylation is 1. The summed E-state index contributed by atoms with van der Waals surface area (Å²) in [6.45, 7) is 4.45. The molecule has 0 saturated heterocycles. The fourth-order valence-corrected chi connectivity index (χ4v) is 1.10. The maximum Gasteiger partial charge on any atom is 0.126 e. The van der Waals surface area contributed by atoms with Crippen LogP contribution < -0.4 is 5.32 Å². The van der Waals surface area contributed by atoms with Crippen molar-refractivity contribution in [2.45, 2.75) is 20.0 Å². The Morgan fingerprint density at radius 1 is 1.50 bits per heavy atom. The van der Waals surface area contributed by atoms with E-state index in [1.807, 2.05) is 6.92 Å². The third kappa shape index (κ3) is 3.00. The highest BCUT2D eigenvalue weighted by molar-refractivity contribution is 5.45. The van der Waals surface area contributed by atoms with Gasteiger partial charge in [0.2, 0.25) is 0 Å². The predicted molar refractivity (Wildman–Crippen MR) is 56.1 cm³/mol. The van der Waals surface area contributed by atoms with E-state index in [0.29, 0.717) is 5.56 Å². The van der Waals surface area contributed by atoms with Crippen LogP contribution in [0, 0.1) is 12.7 Å². The number of halogens is 1. The van der Waals surface area contributed by atoms with Crippen molar-refractivity contribution < 1.29 is 9.13 Å². The van der Waals surface area contributed by atoms with Crippen LogP contribution in [0.15, 0.2) is 18.2 Å². The number of ether oxygens (including phenoxy) is 1. The zero-order chi connectivity index (χ0) is 10.6. The van der Waals surface area contributed by atoms with E-state index >= 15 is 0 Å². The number of nitrogens with one attached hydrogen (secondary N) is 1. The first-order valence-electron chi connectivity index (χ1n) is 4.66. The first-order chi connectivity index (χ1) is 6.63. The van der Waals surface area contributed by atoms with E-state index in [9.17, 15) is 4.39 Å². The number of methoxy groups -OCH3 is 1. The summed E-state index contributed by atoms with van der Waals surface area (Å²) in [5.41, 5.74) is 1.58. The van der Waals surface area contributed by atoms with Gasteiger partial charge >= 0.3 is 0 Å². The largest absolute Gasteiger partial charge is 0.382 e. The van der Waals surface area contributed by atoms with Crippen LogP contribution in [-0.2, 0) is 4.74 Å². The summed E-state index contributed by atoms with van der Waals surface area (Å²) in [7, 11) is 1.67. The van der Waals surface area contributed by atoms with Crippen LogP contribution in [0.1, 0.15) is 12.5 Å². The van der Waals surface area contributed by atoms with Gasteiger partial charge in [-0.2, -0.15) is 0 Å². The van der Waals surface area contributed by atoms with E-state index < -0.39 is 0 Å². The average molecular weight is 197 g/mol. The first-order valence-corrected chi connectivity index (χ1v) is 4.66. The van der Waals surface area contributed by atoms with Gasteiger partial charge in [0.15, 0.2) is 0 Å². The predicted octanol–water partition coefficient (Wildman–Crippen LogP) is 2.58. The Balaban J connectivity index is 2.55. The maximum absolute atomic E-state index is 12.9. The van der Waals surface area contributed by atoms with Crippen LogP contribution in [0.3, 0.4) is 0 Å². The van der Waals surface area contributed by atoms with E-state index in [1.165, 1.54) is 6.07 Å². The molecule has 0 amide bonds. The molecule has 0 bridgehead atoms. The Morgan fingerprint density at radius 3 is 2.79 bits per heavy atom. The molecule has 1 rings (SSSR count). The Hall–Kier alpha value is -1.09. The van der Waals surface area contributed by atoms with Crippen molar-refractivity contribution in [1.29, 1.82) is 0 Å². The molecule has 0 radical (unpaired) electrons. The molecular weight excluding hydrogens is 181 g/mol. The minimum atomic E-state index is -0.171. The van der Waals surface area contributed by atoms with Gasteiger partial charge in [-0.25, -0.2) is 4.39 Å². The fraction of sp³-hybridized carbons (Fsp3) is 0.455. The van der Waals surface area contributed by atoms with Gasteiger partial charge in [-0.1, -0.05) is 0 Å². The van der Waals surface area contributed by atoms with E-state index in [0.717, 1.165) is 12.2 Å². The van der Waals surface area contributed by atoms with Crippen LogP contribution in [0.2, 0.25) is 0 Å². The summed E-state index contributed by atoms with van der Waals surface area (Å²) in [5, 5.41) is 3.17. The lowest BCUT2D eigenvalue weighted by Crippen LogP contribution is -2.18. The van der Waals surface area contributed by atoms with Crippen molar-refractivity contribution in [3.8, 4) is 0 Å². The van der Waals surface area contributed by atoms with Crippen molar-refractivity contribution in [3.63, 3.8) is 0 Å². The molecule has 0 aliphatic heterocycles. The smallest absolute Gasteiger partial charge is 0.126 e. The molecule has 0 heterocycles. The third-order valence-corrected chi connectivity index (χ3v) is 2.15. The molecule has 1 atom stereocenters. The second-order valence-corrected chi connectivity index (χ2v) is 3.39. The van der Waals surface area contributed by atoms with E-state index in [-0.39, 0.29) is 11.9 Å². The van der Waals surface area contributed by atoms with Crippen LogP contribution in [0.25, 0.3) is 0 Å². The van der Waals surface area contributed by atoms with Gasteiger partial charge in [-0.05, 0) is 37.6 Å². The summed E-state index contributed by atoms with van der Waals surface area (Å²) in [5.74, 6) is -0.171. The van der Waals surface area contributed by atoms with Gasteiger partial charge in [-0.3, -0.25) is 0 Å². The zero-order valence-electron chi connectivity index (χ0n) is 8.80. The fourth-order valence-electron chi connectivity index (χ4n) is 1.10. The summed E-state index contributed by atoms with van der Waals surface area (Å²) >= 11 is 0. The summed E-state index contributed by atoms with van der Waals surface area (Å²) in [4.78, 5) is 0. The SMILES string of the molecule is COC(C)CNc1ccc(F)c(C)c1. The highest BCUT2D eigenvalue weighted by Gasteiger charge is 2.01. The van der Waals surface area contributed by atoms with Gasteiger partial charge in [0.1, 0.15) is 5.82 Å². The van der Waals surface area contributed by atoms with E-state index in [4.69, 9.17) is 4.74 Å². The van der Waals surface area contributed by atoms with Crippen LogP contribution in [0.5, 0.6) is 0 Å². The Kier molecular flexibility index (Phi) is 3.89. The van der Waals surface area contributed by atoms with Crippen molar-refractivity contribution in [2.24, 2.45) is 0 Å². The molecule has 2 nitrogen and oxygen atoms in total. The topological polar surface area (TPSA) is 21.3 Å². The summed E-state index contributed by atoms with van der Waals surface area (Å²) in [6.07, 6.45) is 0.153. The lowest BCUT2D eigenvalue weighted by atomic mass is 10.2. The monoisotopic (exact) mass is 197 g/mol. The summed E-state index contributed by atoms with van der Waals surface area (Å²) < 4.78 is 18.0. The highest BCUT2D eigenvalue weighted by Crippen LogP contribution is 2.13. The van der Waals surface area contributed by atoms with Crippen molar-refractivity contribution in [1.82, 2.24) is 0 Å². The van der Waals surface area contributed by atoms with Gasteiger partial charge in [0, 0.05) is 19.3 Å². The molecule has 0 saturated carbocycles. The van der Waals surface area contributed by atoms with E-state index in [1.54, 1.807) is 26.2 Å². The van der Waals surface area contributed by atoms with E-state index in [2.05, 4.69) is 5.32 Å². The maximum atomic E-state index is 12.9. The zero-order valence-corrected chi connectivity index (χ0v) is 8.80. The van der Waals surface area contributed by atoms with Gasteiger partial charge in [0.05, 0.1) is 6.10 Å². The molecule has 0 aliphatic carbocycles. The number of benzene rings is 1. The van der Waals surface area contributed by atoms with Gasteiger partial charge in [-0.15, -0.1) is 0 Å². The highest BCUT2D eigenvalue weighted by atomic mass is 19.1. The Labute approximate surface area is 84.1 Å². The lowest BCUT2D eigenvalue weighted by molar-refractivity contribution is 0.129. The van der Waals surface area contributed by atoms with Gasteiger partial charge in [0.25, 0.3) is 0 Å². The molecule has 0 spiro atoms. The molecule has 78 valence electrons. The van der Waals surface area contributed by atoms with Crippen LogP contribution >= 0.6 is 0 Å². The third-order valence-electron chi connectivity index (χ3n) is 2.15. The molecule has 14 heavy (non-hydrogen) atoms. The van der Waals surface area contributed by atoms with Crippen molar-refractivity contribution >= 4 is 5.69 Å².